The highest BCUT2D eigenvalue weighted by molar-refractivity contribution is 6.14. The lowest BCUT2D eigenvalue weighted by Crippen LogP contribution is -2.21. The topological polar surface area (TPSA) is 67.8 Å². The summed E-state index contributed by atoms with van der Waals surface area (Å²) in [6, 6.07) is 10.9. The summed E-state index contributed by atoms with van der Waals surface area (Å²) in [6.45, 7) is 0. The number of aromatic nitrogens is 1. The molecule has 106 valence electrons. The molecule has 0 radical (unpaired) electrons. The third-order valence-electron chi connectivity index (χ3n) is 3.54. The minimum absolute atomic E-state index is 0.0802. The molecule has 2 heterocycles. The first-order valence-corrected chi connectivity index (χ1v) is 6.55. The van der Waals surface area contributed by atoms with Gasteiger partial charge < -0.3 is 15.0 Å². The summed E-state index contributed by atoms with van der Waals surface area (Å²) in [6.07, 6.45) is 1.86. The minimum Gasteiger partial charge on any atom is -0.366 e. The molecule has 0 unspecified atom stereocenters. The van der Waals surface area contributed by atoms with Crippen LogP contribution in [-0.4, -0.2) is 35.2 Å². The molecule has 5 nitrogen and oxygen atoms in total. The van der Waals surface area contributed by atoms with E-state index in [4.69, 9.17) is 5.73 Å². The summed E-state index contributed by atoms with van der Waals surface area (Å²) >= 11 is 0. The molecule has 0 spiro atoms. The number of carbonyl (C=O) groups excluding carboxylic acids is 2. The van der Waals surface area contributed by atoms with Crippen molar-refractivity contribution in [1.82, 2.24) is 9.30 Å². The second kappa shape index (κ2) is 4.63. The Morgan fingerprint density at radius 3 is 2.52 bits per heavy atom. The lowest BCUT2D eigenvalue weighted by molar-refractivity contribution is 0.0827. The van der Waals surface area contributed by atoms with E-state index >= 15 is 0 Å². The zero-order chi connectivity index (χ0) is 15.1. The lowest BCUT2D eigenvalue weighted by atomic mass is 10.1. The molecule has 21 heavy (non-hydrogen) atoms. The van der Waals surface area contributed by atoms with Gasteiger partial charge in [0.15, 0.2) is 0 Å². The molecule has 1 aromatic carbocycles. The maximum atomic E-state index is 12.1. The Balaban J connectivity index is 2.39. The van der Waals surface area contributed by atoms with Gasteiger partial charge in [0.05, 0.1) is 16.6 Å². The first-order chi connectivity index (χ1) is 10.0. The maximum absolute atomic E-state index is 12.1. The third kappa shape index (κ3) is 1.94. The minimum atomic E-state index is -0.472. The standard InChI is InChI=1S/C16H15N3O2/c1-18(2)16(21)10-6-7-11-13(9-10)19-8-4-3-5-12(19)14(11)15(17)20/h3-9H,1-2H3,(H2,17,20). The van der Waals surface area contributed by atoms with E-state index in [0.717, 1.165) is 16.4 Å². The smallest absolute Gasteiger partial charge is 0.253 e. The Hall–Kier alpha value is -2.82. The van der Waals surface area contributed by atoms with Crippen molar-refractivity contribution in [3.05, 3.63) is 53.7 Å². The van der Waals surface area contributed by atoms with Gasteiger partial charge in [-0.2, -0.15) is 0 Å². The van der Waals surface area contributed by atoms with E-state index in [2.05, 4.69) is 0 Å². The molecule has 0 aliphatic carbocycles. The molecule has 0 saturated heterocycles. The first kappa shape index (κ1) is 13.2. The molecule has 2 N–H and O–H groups in total. The van der Waals surface area contributed by atoms with Gasteiger partial charge in [0.2, 0.25) is 0 Å². The molecule has 2 amide bonds. The van der Waals surface area contributed by atoms with Crippen LogP contribution in [-0.2, 0) is 0 Å². The number of nitrogens with two attached hydrogens (primary N) is 1. The van der Waals surface area contributed by atoms with Crippen LogP contribution in [0.2, 0.25) is 0 Å². The summed E-state index contributed by atoms with van der Waals surface area (Å²) in [4.78, 5) is 25.4. The van der Waals surface area contributed by atoms with Gasteiger partial charge in [-0.3, -0.25) is 9.59 Å². The quantitative estimate of drug-likeness (QED) is 0.779. The molecule has 5 heteroatoms. The number of fused-ring (bicyclic) bond motifs is 3. The van der Waals surface area contributed by atoms with Crippen LogP contribution in [0.25, 0.3) is 16.4 Å². The highest BCUT2D eigenvalue weighted by Gasteiger charge is 2.17. The Bertz CT molecular complexity index is 878. The molecule has 3 rings (SSSR count). The van der Waals surface area contributed by atoms with Gasteiger partial charge >= 0.3 is 0 Å². The van der Waals surface area contributed by atoms with Crippen molar-refractivity contribution in [3.8, 4) is 0 Å². The Morgan fingerprint density at radius 1 is 1.10 bits per heavy atom. The van der Waals surface area contributed by atoms with Crippen LogP contribution in [0.4, 0.5) is 0 Å². The zero-order valence-corrected chi connectivity index (χ0v) is 11.8. The van der Waals surface area contributed by atoms with Crippen LogP contribution in [0.3, 0.4) is 0 Å². The number of amides is 2. The average Bonchev–Trinajstić information content (AvgIpc) is 2.80. The van der Waals surface area contributed by atoms with E-state index in [9.17, 15) is 9.59 Å². The van der Waals surface area contributed by atoms with Crippen molar-refractivity contribution >= 4 is 28.2 Å². The van der Waals surface area contributed by atoms with Crippen LogP contribution in [0.5, 0.6) is 0 Å². The van der Waals surface area contributed by atoms with E-state index < -0.39 is 5.91 Å². The predicted octanol–water partition coefficient (Wildman–Crippen LogP) is 1.89. The summed E-state index contributed by atoms with van der Waals surface area (Å²) in [7, 11) is 3.41. The summed E-state index contributed by atoms with van der Waals surface area (Å²) in [5.41, 5.74) is 8.11. The molecule has 0 saturated carbocycles. The van der Waals surface area contributed by atoms with Gasteiger partial charge in [-0.25, -0.2) is 0 Å². The van der Waals surface area contributed by atoms with Gasteiger partial charge in [-0.15, -0.1) is 0 Å². The number of hydrogen-bond acceptors (Lipinski definition) is 2. The second-order valence-corrected chi connectivity index (χ2v) is 5.13. The number of primary amides is 1. The monoisotopic (exact) mass is 281 g/mol. The van der Waals surface area contributed by atoms with Crippen molar-refractivity contribution in [2.24, 2.45) is 5.73 Å². The molecule has 0 aliphatic rings. The molecule has 0 bridgehead atoms. The van der Waals surface area contributed by atoms with Gasteiger partial charge in [0.1, 0.15) is 0 Å². The molecule has 2 aromatic heterocycles. The van der Waals surface area contributed by atoms with Crippen LogP contribution in [0.1, 0.15) is 20.7 Å². The van der Waals surface area contributed by atoms with E-state index in [-0.39, 0.29) is 5.91 Å². The summed E-state index contributed by atoms with van der Waals surface area (Å²) in [5.74, 6) is -0.552. The number of benzene rings is 1. The number of nitrogens with zero attached hydrogens (tertiary/aromatic N) is 2. The fraction of sp³-hybridized carbons (Fsp3) is 0.125. The van der Waals surface area contributed by atoms with Crippen LogP contribution < -0.4 is 5.73 Å². The lowest BCUT2D eigenvalue weighted by Gasteiger charge is -2.10. The predicted molar refractivity (Wildman–Crippen MR) is 81.4 cm³/mol. The van der Waals surface area contributed by atoms with Crippen molar-refractivity contribution in [1.29, 1.82) is 0 Å². The normalized spacial score (nSPS) is 11.0. The number of carbonyl (C=O) groups is 2. The maximum Gasteiger partial charge on any atom is 0.253 e. The van der Waals surface area contributed by atoms with Crippen molar-refractivity contribution in [2.45, 2.75) is 0 Å². The molecule has 0 atom stereocenters. The van der Waals surface area contributed by atoms with Gasteiger partial charge in [-0.05, 0) is 24.3 Å². The van der Waals surface area contributed by atoms with E-state index in [1.165, 1.54) is 4.90 Å². The average molecular weight is 281 g/mol. The van der Waals surface area contributed by atoms with Crippen LogP contribution >= 0.6 is 0 Å². The van der Waals surface area contributed by atoms with Gasteiger partial charge in [0, 0.05) is 31.2 Å². The third-order valence-corrected chi connectivity index (χ3v) is 3.54. The second-order valence-electron chi connectivity index (χ2n) is 5.13. The van der Waals surface area contributed by atoms with Crippen molar-refractivity contribution in [2.75, 3.05) is 14.1 Å². The zero-order valence-electron chi connectivity index (χ0n) is 11.8. The number of hydrogen-bond donors (Lipinski definition) is 1. The largest absolute Gasteiger partial charge is 0.366 e. The first-order valence-electron chi connectivity index (χ1n) is 6.55. The van der Waals surface area contributed by atoms with Crippen molar-refractivity contribution < 1.29 is 9.59 Å². The van der Waals surface area contributed by atoms with Gasteiger partial charge in [-0.1, -0.05) is 12.1 Å². The molecule has 0 aliphatic heterocycles. The molecular weight excluding hydrogens is 266 g/mol. The highest BCUT2D eigenvalue weighted by atomic mass is 16.2. The fourth-order valence-corrected chi connectivity index (χ4v) is 2.59. The summed E-state index contributed by atoms with van der Waals surface area (Å²) < 4.78 is 1.88. The van der Waals surface area contributed by atoms with E-state index in [1.807, 2.05) is 28.8 Å². The van der Waals surface area contributed by atoms with E-state index in [0.29, 0.717) is 11.1 Å². The summed E-state index contributed by atoms with van der Waals surface area (Å²) in [5, 5.41) is 0.754. The Morgan fingerprint density at radius 2 is 1.86 bits per heavy atom. The molecule has 0 fully saturated rings. The highest BCUT2D eigenvalue weighted by Crippen LogP contribution is 2.27. The number of rotatable bonds is 2. The SMILES string of the molecule is CN(C)C(=O)c1ccc2c(C(N)=O)c3ccccn3c2c1. The van der Waals surface area contributed by atoms with Gasteiger partial charge in [0.25, 0.3) is 11.8 Å². The van der Waals surface area contributed by atoms with E-state index in [1.54, 1.807) is 32.3 Å². The Kier molecular flexibility index (Phi) is 2.90. The molecule has 3 aromatic rings. The van der Waals surface area contributed by atoms with Crippen LogP contribution in [0, 0.1) is 0 Å². The number of pyridine rings is 1. The fourth-order valence-electron chi connectivity index (χ4n) is 2.59. The van der Waals surface area contributed by atoms with Crippen molar-refractivity contribution in [3.63, 3.8) is 0 Å². The molecular formula is C16H15N3O2. The van der Waals surface area contributed by atoms with Crippen LogP contribution in [0.15, 0.2) is 42.6 Å². The Labute approximate surface area is 121 Å².